The zero-order chi connectivity index (χ0) is 13.1. The van der Waals surface area contributed by atoms with Gasteiger partial charge in [-0.05, 0) is 38.6 Å². The summed E-state index contributed by atoms with van der Waals surface area (Å²) >= 11 is 0. The molecule has 0 fully saturated rings. The third-order valence-corrected chi connectivity index (χ3v) is 2.49. The molecule has 0 radical (unpaired) electrons. The summed E-state index contributed by atoms with van der Waals surface area (Å²) in [6.45, 7) is 2.18. The normalized spacial score (nSPS) is 9.53. The molecule has 1 rings (SSSR count). The van der Waals surface area contributed by atoms with Gasteiger partial charge in [-0.3, -0.25) is 4.79 Å². The number of halogens is 1. The molecule has 0 aliphatic heterocycles. The number of ether oxygens (including phenoxy) is 1. The predicted octanol–water partition coefficient (Wildman–Crippen LogP) is 1.99. The van der Waals surface area contributed by atoms with Crippen molar-refractivity contribution in [3.8, 4) is 5.75 Å². The van der Waals surface area contributed by atoms with Crippen LogP contribution in [0.4, 0.5) is 0 Å². The summed E-state index contributed by atoms with van der Waals surface area (Å²) < 4.78 is 5.53. The predicted molar refractivity (Wildman–Crippen MR) is 80.0 cm³/mol. The molecular formula is C14H23ClN2O2. The van der Waals surface area contributed by atoms with E-state index in [-0.39, 0.29) is 18.3 Å². The van der Waals surface area contributed by atoms with E-state index in [0.29, 0.717) is 19.6 Å². The average Bonchev–Trinajstić information content (AvgIpc) is 2.40. The van der Waals surface area contributed by atoms with Gasteiger partial charge in [0.05, 0.1) is 6.61 Å². The average molecular weight is 287 g/mol. The fraction of sp³-hybridized carbons (Fsp3) is 0.500. The van der Waals surface area contributed by atoms with E-state index < -0.39 is 0 Å². The Morgan fingerprint density at radius 1 is 1.16 bits per heavy atom. The van der Waals surface area contributed by atoms with Crippen LogP contribution in [0.3, 0.4) is 0 Å². The van der Waals surface area contributed by atoms with Gasteiger partial charge in [0, 0.05) is 13.0 Å². The zero-order valence-corrected chi connectivity index (χ0v) is 12.2. The Hall–Kier alpha value is -1.26. The highest BCUT2D eigenvalue weighted by Crippen LogP contribution is 2.07. The molecule has 0 atom stereocenters. The monoisotopic (exact) mass is 286 g/mol. The third-order valence-electron chi connectivity index (χ3n) is 2.49. The van der Waals surface area contributed by atoms with E-state index in [9.17, 15) is 4.79 Å². The number of benzene rings is 1. The number of carbonyl (C=O) groups excluding carboxylic acids is 1. The molecule has 0 aromatic heterocycles. The second kappa shape index (κ2) is 11.8. The lowest BCUT2D eigenvalue weighted by atomic mass is 10.3. The highest BCUT2D eigenvalue weighted by molar-refractivity contribution is 5.85. The Morgan fingerprint density at radius 2 is 1.89 bits per heavy atom. The first-order valence-electron chi connectivity index (χ1n) is 6.42. The van der Waals surface area contributed by atoms with Crippen molar-refractivity contribution in [2.75, 3.05) is 26.7 Å². The van der Waals surface area contributed by atoms with Crippen molar-refractivity contribution in [2.45, 2.75) is 19.3 Å². The van der Waals surface area contributed by atoms with Crippen LogP contribution in [0, 0.1) is 0 Å². The highest BCUT2D eigenvalue weighted by Gasteiger charge is 1.99. The molecule has 0 saturated carbocycles. The quantitative estimate of drug-likeness (QED) is 0.683. The van der Waals surface area contributed by atoms with E-state index in [2.05, 4.69) is 10.6 Å². The van der Waals surface area contributed by atoms with E-state index >= 15 is 0 Å². The topological polar surface area (TPSA) is 50.4 Å². The van der Waals surface area contributed by atoms with Gasteiger partial charge in [0.2, 0.25) is 5.91 Å². The minimum absolute atomic E-state index is 0. The molecule has 1 aromatic carbocycles. The molecule has 108 valence electrons. The Balaban J connectivity index is 0.00000324. The van der Waals surface area contributed by atoms with Gasteiger partial charge in [-0.25, -0.2) is 0 Å². The third kappa shape index (κ3) is 9.33. The molecular weight excluding hydrogens is 264 g/mol. The summed E-state index contributed by atoms with van der Waals surface area (Å²) in [5.74, 6) is 0.989. The molecule has 0 heterocycles. The van der Waals surface area contributed by atoms with Gasteiger partial charge < -0.3 is 15.4 Å². The van der Waals surface area contributed by atoms with Gasteiger partial charge in [0.25, 0.3) is 0 Å². The summed E-state index contributed by atoms with van der Waals surface area (Å²) in [5, 5.41) is 5.90. The Kier molecular flexibility index (Phi) is 11.0. The molecule has 0 bridgehead atoms. The maximum atomic E-state index is 11.4. The molecule has 0 aliphatic rings. The van der Waals surface area contributed by atoms with Crippen molar-refractivity contribution in [1.82, 2.24) is 10.6 Å². The SMILES string of the molecule is CNCCCC(=O)NCCCOc1ccccc1.Cl. The number of carbonyl (C=O) groups is 1. The first kappa shape index (κ1) is 17.7. The highest BCUT2D eigenvalue weighted by atomic mass is 35.5. The van der Waals surface area contributed by atoms with E-state index in [1.165, 1.54) is 0 Å². The van der Waals surface area contributed by atoms with Crippen molar-refractivity contribution in [3.63, 3.8) is 0 Å². The van der Waals surface area contributed by atoms with Crippen molar-refractivity contribution in [2.24, 2.45) is 0 Å². The summed E-state index contributed by atoms with van der Waals surface area (Å²) in [7, 11) is 1.89. The Labute approximate surface area is 121 Å². The number of hydrogen-bond donors (Lipinski definition) is 2. The van der Waals surface area contributed by atoms with Gasteiger partial charge in [0.1, 0.15) is 5.75 Å². The Morgan fingerprint density at radius 3 is 2.58 bits per heavy atom. The van der Waals surface area contributed by atoms with Gasteiger partial charge in [0.15, 0.2) is 0 Å². The number of nitrogens with one attached hydrogen (secondary N) is 2. The molecule has 0 spiro atoms. The van der Waals surface area contributed by atoms with E-state index in [1.807, 2.05) is 37.4 Å². The van der Waals surface area contributed by atoms with Crippen LogP contribution in [0.15, 0.2) is 30.3 Å². The lowest BCUT2D eigenvalue weighted by Gasteiger charge is -2.07. The minimum Gasteiger partial charge on any atom is -0.494 e. The van der Waals surface area contributed by atoms with Crippen LogP contribution in [0.25, 0.3) is 0 Å². The molecule has 0 unspecified atom stereocenters. The molecule has 19 heavy (non-hydrogen) atoms. The van der Waals surface area contributed by atoms with Gasteiger partial charge in [-0.1, -0.05) is 18.2 Å². The van der Waals surface area contributed by atoms with Crippen molar-refractivity contribution < 1.29 is 9.53 Å². The number of rotatable bonds is 9. The van der Waals surface area contributed by atoms with Gasteiger partial charge in [-0.2, -0.15) is 0 Å². The smallest absolute Gasteiger partial charge is 0.220 e. The van der Waals surface area contributed by atoms with E-state index in [4.69, 9.17) is 4.74 Å². The van der Waals surface area contributed by atoms with Crippen LogP contribution in [0.5, 0.6) is 5.75 Å². The standard InChI is InChI=1S/C14H22N2O2.ClH/c1-15-10-5-9-14(17)16-11-6-12-18-13-7-3-2-4-8-13;/h2-4,7-8,15H,5-6,9-12H2,1H3,(H,16,17);1H. The van der Waals surface area contributed by atoms with Crippen molar-refractivity contribution in [3.05, 3.63) is 30.3 Å². The number of hydrogen-bond acceptors (Lipinski definition) is 3. The van der Waals surface area contributed by atoms with Crippen molar-refractivity contribution in [1.29, 1.82) is 0 Å². The van der Waals surface area contributed by atoms with E-state index in [1.54, 1.807) is 0 Å². The fourth-order valence-corrected chi connectivity index (χ4v) is 1.52. The molecule has 2 N–H and O–H groups in total. The molecule has 5 heteroatoms. The molecule has 1 amide bonds. The number of para-hydroxylation sites is 1. The molecule has 1 aromatic rings. The first-order valence-corrected chi connectivity index (χ1v) is 6.42. The lowest BCUT2D eigenvalue weighted by molar-refractivity contribution is -0.121. The lowest BCUT2D eigenvalue weighted by Crippen LogP contribution is -2.26. The fourth-order valence-electron chi connectivity index (χ4n) is 1.52. The number of amides is 1. The zero-order valence-electron chi connectivity index (χ0n) is 11.4. The largest absolute Gasteiger partial charge is 0.494 e. The van der Waals surface area contributed by atoms with Crippen LogP contribution in [0.1, 0.15) is 19.3 Å². The summed E-state index contributed by atoms with van der Waals surface area (Å²) in [5.41, 5.74) is 0. The van der Waals surface area contributed by atoms with Crippen LogP contribution in [-0.4, -0.2) is 32.7 Å². The Bertz CT molecular complexity index is 333. The van der Waals surface area contributed by atoms with Crippen LogP contribution < -0.4 is 15.4 Å². The molecule has 0 aliphatic carbocycles. The maximum absolute atomic E-state index is 11.4. The van der Waals surface area contributed by atoms with Crippen LogP contribution in [-0.2, 0) is 4.79 Å². The van der Waals surface area contributed by atoms with Crippen LogP contribution >= 0.6 is 12.4 Å². The summed E-state index contributed by atoms with van der Waals surface area (Å²) in [4.78, 5) is 11.4. The minimum atomic E-state index is 0. The van der Waals surface area contributed by atoms with Crippen LogP contribution in [0.2, 0.25) is 0 Å². The molecule has 4 nitrogen and oxygen atoms in total. The first-order chi connectivity index (χ1) is 8.83. The van der Waals surface area contributed by atoms with Crippen molar-refractivity contribution >= 4 is 18.3 Å². The maximum Gasteiger partial charge on any atom is 0.220 e. The summed E-state index contributed by atoms with van der Waals surface area (Å²) in [6.07, 6.45) is 2.29. The van der Waals surface area contributed by atoms with Gasteiger partial charge in [-0.15, -0.1) is 12.4 Å². The summed E-state index contributed by atoms with van der Waals surface area (Å²) in [6, 6.07) is 9.70. The second-order valence-electron chi connectivity index (χ2n) is 4.07. The second-order valence-corrected chi connectivity index (χ2v) is 4.07. The van der Waals surface area contributed by atoms with E-state index in [0.717, 1.165) is 25.1 Å². The van der Waals surface area contributed by atoms with Gasteiger partial charge >= 0.3 is 0 Å². The molecule has 0 saturated heterocycles.